The second-order valence-electron chi connectivity index (χ2n) is 4.65. The van der Waals surface area contributed by atoms with E-state index < -0.39 is 0 Å². The summed E-state index contributed by atoms with van der Waals surface area (Å²) in [6.07, 6.45) is 1.81. The van der Waals surface area contributed by atoms with Gasteiger partial charge in [-0.05, 0) is 24.3 Å². The molecule has 0 aliphatic heterocycles. The molecule has 0 bridgehead atoms. The number of hydrogen-bond donors (Lipinski definition) is 0. The Morgan fingerprint density at radius 1 is 0.952 bits per heavy atom. The molecule has 0 fully saturated rings. The third-order valence-electron chi connectivity index (χ3n) is 3.27. The summed E-state index contributed by atoms with van der Waals surface area (Å²) >= 11 is 12.1. The van der Waals surface area contributed by atoms with Gasteiger partial charge in [-0.2, -0.15) is 4.52 Å². The van der Waals surface area contributed by atoms with E-state index in [2.05, 4.69) is 15.3 Å². The zero-order valence-corrected chi connectivity index (χ0v) is 12.2. The molecule has 0 saturated heterocycles. The minimum absolute atomic E-state index is 0.555. The molecule has 0 saturated carbocycles. The summed E-state index contributed by atoms with van der Waals surface area (Å²) in [6.45, 7) is 0. The van der Waals surface area contributed by atoms with E-state index in [1.54, 1.807) is 22.7 Å². The van der Waals surface area contributed by atoms with Crippen LogP contribution in [0.3, 0.4) is 0 Å². The number of rotatable bonds is 1. The highest BCUT2D eigenvalue weighted by molar-refractivity contribution is 6.35. The Morgan fingerprint density at radius 3 is 2.52 bits per heavy atom. The number of nitrogens with zero attached hydrogens (tertiary/aromatic N) is 4. The summed E-state index contributed by atoms with van der Waals surface area (Å²) in [5.41, 5.74) is 3.08. The molecule has 6 heteroatoms. The fourth-order valence-electron chi connectivity index (χ4n) is 2.35. The van der Waals surface area contributed by atoms with Gasteiger partial charge < -0.3 is 0 Å². The lowest BCUT2D eigenvalue weighted by atomic mass is 10.1. The van der Waals surface area contributed by atoms with E-state index in [-0.39, 0.29) is 0 Å². The number of hydrogen-bond acceptors (Lipinski definition) is 3. The summed E-state index contributed by atoms with van der Waals surface area (Å²) in [5.74, 6) is 0. The van der Waals surface area contributed by atoms with Crippen molar-refractivity contribution in [2.45, 2.75) is 0 Å². The Hall–Kier alpha value is -2.17. The monoisotopic (exact) mass is 314 g/mol. The van der Waals surface area contributed by atoms with Gasteiger partial charge in [0.15, 0.2) is 5.65 Å². The minimum Gasteiger partial charge on any atom is -0.234 e. The van der Waals surface area contributed by atoms with Crippen LogP contribution in [0.25, 0.3) is 27.8 Å². The van der Waals surface area contributed by atoms with Crippen molar-refractivity contribution in [3.05, 3.63) is 58.7 Å². The van der Waals surface area contributed by atoms with Gasteiger partial charge in [0, 0.05) is 27.2 Å². The quantitative estimate of drug-likeness (QED) is 0.527. The van der Waals surface area contributed by atoms with Crippen LogP contribution in [0.4, 0.5) is 0 Å². The van der Waals surface area contributed by atoms with E-state index in [4.69, 9.17) is 23.2 Å². The van der Waals surface area contributed by atoms with Crippen LogP contribution in [0.5, 0.6) is 0 Å². The Kier molecular flexibility index (Phi) is 2.80. The molecule has 4 nitrogen and oxygen atoms in total. The highest BCUT2D eigenvalue weighted by Gasteiger charge is 2.13. The Bertz CT molecular complexity index is 958. The first kappa shape index (κ1) is 12.6. The van der Waals surface area contributed by atoms with Crippen LogP contribution in [0.1, 0.15) is 0 Å². The van der Waals surface area contributed by atoms with Crippen molar-refractivity contribution >= 4 is 39.8 Å². The van der Waals surface area contributed by atoms with Crippen LogP contribution in [0.15, 0.2) is 48.7 Å². The lowest BCUT2D eigenvalue weighted by Crippen LogP contribution is -1.92. The van der Waals surface area contributed by atoms with Gasteiger partial charge >= 0.3 is 0 Å². The lowest BCUT2D eigenvalue weighted by Gasteiger charge is -2.01. The number of fused-ring (bicyclic) bond motifs is 3. The molecule has 0 N–H and O–H groups in total. The summed E-state index contributed by atoms with van der Waals surface area (Å²) in [7, 11) is 0. The van der Waals surface area contributed by atoms with Gasteiger partial charge in [-0.1, -0.05) is 46.6 Å². The average Bonchev–Trinajstić information content (AvgIpc) is 2.90. The van der Waals surface area contributed by atoms with E-state index in [0.29, 0.717) is 21.4 Å². The van der Waals surface area contributed by atoms with E-state index in [9.17, 15) is 0 Å². The van der Waals surface area contributed by atoms with Gasteiger partial charge in [0.25, 0.3) is 0 Å². The van der Waals surface area contributed by atoms with Crippen molar-refractivity contribution in [2.24, 2.45) is 0 Å². The summed E-state index contributed by atoms with van der Waals surface area (Å²) in [5, 5.41) is 10.5. The fraction of sp³-hybridized carbons (Fsp3) is 0. The topological polar surface area (TPSA) is 43.1 Å². The Morgan fingerprint density at radius 2 is 1.71 bits per heavy atom. The molecular formula is C15H8Cl2N4. The van der Waals surface area contributed by atoms with Crippen molar-refractivity contribution in [2.75, 3.05) is 0 Å². The van der Waals surface area contributed by atoms with Crippen molar-refractivity contribution in [3.8, 4) is 11.3 Å². The Labute approximate surface area is 129 Å². The third-order valence-corrected chi connectivity index (χ3v) is 3.71. The molecule has 0 aliphatic carbocycles. The van der Waals surface area contributed by atoms with E-state index in [0.717, 1.165) is 16.5 Å². The average molecular weight is 315 g/mol. The number of para-hydroxylation sites is 1. The molecule has 0 aliphatic rings. The smallest absolute Gasteiger partial charge is 0.184 e. The molecule has 4 aromatic rings. The number of benzene rings is 2. The summed E-state index contributed by atoms with van der Waals surface area (Å²) < 4.78 is 1.72. The first-order valence-electron chi connectivity index (χ1n) is 6.28. The molecule has 0 radical (unpaired) electrons. The van der Waals surface area contributed by atoms with Gasteiger partial charge in [0.05, 0.1) is 5.52 Å². The first-order chi connectivity index (χ1) is 10.2. The van der Waals surface area contributed by atoms with Gasteiger partial charge in [0.1, 0.15) is 5.69 Å². The maximum absolute atomic E-state index is 6.05. The molecular weight excluding hydrogens is 307 g/mol. The molecule has 0 amide bonds. The standard InChI is InChI=1S/C15H8Cl2N4/c16-11-5-10(6-12(17)7-11)14-15-18-8-9-3-1-2-4-13(9)21(15)20-19-14/h1-8H. The SMILES string of the molecule is Clc1cc(Cl)cc(-c2nnn3c2ncc2ccccc23)c1. The first-order valence-corrected chi connectivity index (χ1v) is 7.03. The molecule has 0 atom stereocenters. The molecule has 2 aromatic carbocycles. The molecule has 0 spiro atoms. The van der Waals surface area contributed by atoms with Crippen LogP contribution in [0, 0.1) is 0 Å². The van der Waals surface area contributed by atoms with Crippen molar-refractivity contribution < 1.29 is 0 Å². The highest BCUT2D eigenvalue weighted by Crippen LogP contribution is 2.28. The fourth-order valence-corrected chi connectivity index (χ4v) is 2.88. The maximum Gasteiger partial charge on any atom is 0.184 e. The third kappa shape index (κ3) is 2.04. The second-order valence-corrected chi connectivity index (χ2v) is 5.52. The molecule has 0 unspecified atom stereocenters. The minimum atomic E-state index is 0.555. The molecule has 102 valence electrons. The zero-order chi connectivity index (χ0) is 14.4. The predicted molar refractivity (Wildman–Crippen MR) is 83.7 cm³/mol. The van der Waals surface area contributed by atoms with E-state index in [1.165, 1.54) is 0 Å². The lowest BCUT2D eigenvalue weighted by molar-refractivity contribution is 0.877. The van der Waals surface area contributed by atoms with Gasteiger partial charge in [-0.15, -0.1) is 5.10 Å². The van der Waals surface area contributed by atoms with E-state index >= 15 is 0 Å². The predicted octanol–water partition coefficient (Wildman–Crippen LogP) is 4.25. The van der Waals surface area contributed by atoms with Crippen molar-refractivity contribution in [3.63, 3.8) is 0 Å². The van der Waals surface area contributed by atoms with Gasteiger partial charge in [-0.3, -0.25) is 0 Å². The Balaban J connectivity index is 2.04. The molecule has 4 rings (SSSR count). The zero-order valence-electron chi connectivity index (χ0n) is 10.7. The normalized spacial score (nSPS) is 11.3. The van der Waals surface area contributed by atoms with Crippen LogP contribution < -0.4 is 0 Å². The molecule has 2 heterocycles. The van der Waals surface area contributed by atoms with Crippen LogP contribution in [0.2, 0.25) is 10.0 Å². The molecule has 2 aromatic heterocycles. The van der Waals surface area contributed by atoms with Gasteiger partial charge in [0.2, 0.25) is 0 Å². The van der Waals surface area contributed by atoms with Crippen molar-refractivity contribution in [1.29, 1.82) is 0 Å². The number of aromatic nitrogens is 4. The highest BCUT2D eigenvalue weighted by atomic mass is 35.5. The number of halogens is 2. The van der Waals surface area contributed by atoms with Crippen LogP contribution >= 0.6 is 23.2 Å². The maximum atomic E-state index is 6.05. The van der Waals surface area contributed by atoms with E-state index in [1.807, 2.05) is 30.5 Å². The second kappa shape index (κ2) is 4.69. The molecule has 21 heavy (non-hydrogen) atoms. The summed E-state index contributed by atoms with van der Waals surface area (Å²) in [6, 6.07) is 13.2. The van der Waals surface area contributed by atoms with Crippen molar-refractivity contribution in [1.82, 2.24) is 19.8 Å². The van der Waals surface area contributed by atoms with Crippen LogP contribution in [-0.4, -0.2) is 19.8 Å². The summed E-state index contributed by atoms with van der Waals surface area (Å²) in [4.78, 5) is 4.46. The van der Waals surface area contributed by atoms with Crippen LogP contribution in [-0.2, 0) is 0 Å². The van der Waals surface area contributed by atoms with Gasteiger partial charge in [-0.25, -0.2) is 4.98 Å². The largest absolute Gasteiger partial charge is 0.234 e.